The van der Waals surface area contributed by atoms with Gasteiger partial charge in [0, 0.05) is 0 Å². The molecule has 0 aliphatic heterocycles. The zero-order valence-electron chi connectivity index (χ0n) is 5.61. The number of hydrogen-bond acceptors (Lipinski definition) is 0. The van der Waals surface area contributed by atoms with Gasteiger partial charge in [-0.25, -0.2) is 0 Å². The predicted octanol–water partition coefficient (Wildman–Crippen LogP) is 2.90. The summed E-state index contributed by atoms with van der Waals surface area (Å²) >= 11 is 0. The Balaban J connectivity index is 2.33. The molecular formula is C8H14. The molecule has 1 fully saturated rings. The molecule has 1 aliphatic carbocycles. The molecular weight excluding hydrogens is 96.1 g/mol. The lowest BCUT2D eigenvalue weighted by atomic mass is 10.2. The van der Waals surface area contributed by atoms with Crippen molar-refractivity contribution < 1.29 is 0 Å². The summed E-state index contributed by atoms with van der Waals surface area (Å²) < 4.78 is 0. The lowest BCUT2D eigenvalue weighted by Crippen LogP contribution is -1.68. The van der Waals surface area contributed by atoms with Crippen molar-refractivity contribution in [1.82, 2.24) is 0 Å². The highest BCUT2D eigenvalue weighted by Crippen LogP contribution is 2.23. The maximum Gasteiger partial charge on any atom is -0.0320 e. The third-order valence-corrected chi connectivity index (χ3v) is 1.74. The van der Waals surface area contributed by atoms with Crippen LogP contribution in [-0.2, 0) is 0 Å². The molecule has 0 bridgehead atoms. The fourth-order valence-electron chi connectivity index (χ4n) is 1.32. The van der Waals surface area contributed by atoms with Gasteiger partial charge in [0.2, 0.25) is 0 Å². The van der Waals surface area contributed by atoms with Gasteiger partial charge in [-0.15, -0.1) is 0 Å². The van der Waals surface area contributed by atoms with E-state index in [1.165, 1.54) is 32.1 Å². The predicted molar refractivity (Wildman–Crippen MR) is 36.8 cm³/mol. The molecule has 0 spiro atoms. The molecule has 0 saturated heterocycles. The summed E-state index contributed by atoms with van der Waals surface area (Å²) in [5.74, 6) is 0. The van der Waals surface area contributed by atoms with E-state index in [0.29, 0.717) is 0 Å². The summed E-state index contributed by atoms with van der Waals surface area (Å²) in [7, 11) is 0. The first-order chi connectivity index (χ1) is 3.93. The largest absolute Gasteiger partial charge is 0.0856 e. The SMILES string of the molecule is CCC=C1CCCC1. The first kappa shape index (κ1) is 5.87. The van der Waals surface area contributed by atoms with Crippen LogP contribution in [0.1, 0.15) is 39.0 Å². The molecule has 1 saturated carbocycles. The molecule has 0 radical (unpaired) electrons. The molecule has 0 aromatic heterocycles. The molecule has 0 unspecified atom stereocenters. The first-order valence-corrected chi connectivity index (χ1v) is 3.61. The second-order valence-electron chi connectivity index (χ2n) is 2.48. The third kappa shape index (κ3) is 1.36. The van der Waals surface area contributed by atoms with Crippen LogP contribution in [0.5, 0.6) is 0 Å². The van der Waals surface area contributed by atoms with Crippen LogP contribution in [-0.4, -0.2) is 0 Å². The molecule has 8 heavy (non-hydrogen) atoms. The van der Waals surface area contributed by atoms with Gasteiger partial charge in [-0.2, -0.15) is 0 Å². The lowest BCUT2D eigenvalue weighted by molar-refractivity contribution is 0.886. The zero-order valence-corrected chi connectivity index (χ0v) is 5.61. The minimum atomic E-state index is 1.23. The Morgan fingerprint density at radius 3 is 2.50 bits per heavy atom. The van der Waals surface area contributed by atoms with Gasteiger partial charge >= 0.3 is 0 Å². The van der Waals surface area contributed by atoms with Crippen molar-refractivity contribution in [3.05, 3.63) is 11.6 Å². The highest BCUT2D eigenvalue weighted by molar-refractivity contribution is 5.05. The quantitative estimate of drug-likeness (QED) is 0.455. The van der Waals surface area contributed by atoms with Crippen LogP contribution in [0.15, 0.2) is 11.6 Å². The Morgan fingerprint density at radius 2 is 2.00 bits per heavy atom. The van der Waals surface area contributed by atoms with Crippen molar-refractivity contribution in [2.45, 2.75) is 39.0 Å². The van der Waals surface area contributed by atoms with Crippen LogP contribution in [0.2, 0.25) is 0 Å². The standard InChI is InChI=1S/C8H14/c1-2-5-8-6-3-4-7-8/h5H,2-4,6-7H2,1H3. The highest BCUT2D eigenvalue weighted by atomic mass is 14.1. The average Bonchev–Trinajstić information content (AvgIpc) is 2.19. The Hall–Kier alpha value is -0.260. The van der Waals surface area contributed by atoms with Crippen molar-refractivity contribution in [2.75, 3.05) is 0 Å². The summed E-state index contributed by atoms with van der Waals surface area (Å²) in [4.78, 5) is 0. The first-order valence-electron chi connectivity index (χ1n) is 3.61. The minimum Gasteiger partial charge on any atom is -0.0856 e. The molecule has 0 aromatic rings. The Labute approximate surface area is 51.6 Å². The Bertz CT molecular complexity index is 82.2. The van der Waals surface area contributed by atoms with Crippen LogP contribution in [0.25, 0.3) is 0 Å². The number of allylic oxidation sites excluding steroid dienone is 2. The minimum absolute atomic E-state index is 1.23. The van der Waals surface area contributed by atoms with E-state index < -0.39 is 0 Å². The number of rotatable bonds is 1. The fourth-order valence-corrected chi connectivity index (χ4v) is 1.32. The van der Waals surface area contributed by atoms with E-state index in [1.54, 1.807) is 5.57 Å². The summed E-state index contributed by atoms with van der Waals surface area (Å²) in [6, 6.07) is 0. The molecule has 0 aromatic carbocycles. The van der Waals surface area contributed by atoms with Crippen molar-refractivity contribution in [2.24, 2.45) is 0 Å². The molecule has 1 rings (SSSR count). The van der Waals surface area contributed by atoms with Crippen LogP contribution < -0.4 is 0 Å². The molecule has 0 nitrogen and oxygen atoms in total. The van der Waals surface area contributed by atoms with Crippen molar-refractivity contribution in [3.8, 4) is 0 Å². The Kier molecular flexibility index (Phi) is 2.13. The molecule has 0 amide bonds. The van der Waals surface area contributed by atoms with E-state index >= 15 is 0 Å². The van der Waals surface area contributed by atoms with Crippen LogP contribution in [0.4, 0.5) is 0 Å². The summed E-state index contributed by atoms with van der Waals surface area (Å²) in [5.41, 5.74) is 1.70. The number of hydrogen-bond donors (Lipinski definition) is 0. The van der Waals surface area contributed by atoms with E-state index in [9.17, 15) is 0 Å². The molecule has 0 atom stereocenters. The fraction of sp³-hybridized carbons (Fsp3) is 0.750. The van der Waals surface area contributed by atoms with Crippen LogP contribution in [0, 0.1) is 0 Å². The Morgan fingerprint density at radius 1 is 1.38 bits per heavy atom. The molecule has 0 N–H and O–H groups in total. The van der Waals surface area contributed by atoms with Crippen molar-refractivity contribution in [3.63, 3.8) is 0 Å². The van der Waals surface area contributed by atoms with E-state index in [2.05, 4.69) is 13.0 Å². The smallest absolute Gasteiger partial charge is 0.0320 e. The third-order valence-electron chi connectivity index (χ3n) is 1.74. The topological polar surface area (TPSA) is 0 Å². The zero-order chi connectivity index (χ0) is 5.82. The van der Waals surface area contributed by atoms with Gasteiger partial charge in [0.25, 0.3) is 0 Å². The van der Waals surface area contributed by atoms with Gasteiger partial charge in [-0.1, -0.05) is 18.6 Å². The summed E-state index contributed by atoms with van der Waals surface area (Å²) in [6.45, 7) is 2.21. The van der Waals surface area contributed by atoms with Crippen molar-refractivity contribution in [1.29, 1.82) is 0 Å². The van der Waals surface area contributed by atoms with Gasteiger partial charge in [0.05, 0.1) is 0 Å². The molecule has 0 heterocycles. The normalized spacial score (nSPS) is 19.4. The van der Waals surface area contributed by atoms with E-state index in [-0.39, 0.29) is 0 Å². The highest BCUT2D eigenvalue weighted by Gasteiger charge is 2.03. The summed E-state index contributed by atoms with van der Waals surface area (Å²) in [5, 5.41) is 0. The van der Waals surface area contributed by atoms with Crippen LogP contribution in [0.3, 0.4) is 0 Å². The second-order valence-corrected chi connectivity index (χ2v) is 2.48. The monoisotopic (exact) mass is 110 g/mol. The van der Waals surface area contributed by atoms with E-state index in [0.717, 1.165) is 0 Å². The van der Waals surface area contributed by atoms with E-state index in [1.807, 2.05) is 0 Å². The van der Waals surface area contributed by atoms with Gasteiger partial charge in [0.15, 0.2) is 0 Å². The van der Waals surface area contributed by atoms with Crippen LogP contribution >= 0.6 is 0 Å². The van der Waals surface area contributed by atoms with Gasteiger partial charge in [-0.05, 0) is 32.1 Å². The van der Waals surface area contributed by atoms with Gasteiger partial charge in [-0.3, -0.25) is 0 Å². The van der Waals surface area contributed by atoms with Gasteiger partial charge < -0.3 is 0 Å². The maximum atomic E-state index is 2.38. The van der Waals surface area contributed by atoms with Crippen molar-refractivity contribution >= 4 is 0 Å². The average molecular weight is 110 g/mol. The summed E-state index contributed by atoms with van der Waals surface area (Å²) in [6.07, 6.45) is 9.25. The molecule has 46 valence electrons. The van der Waals surface area contributed by atoms with E-state index in [4.69, 9.17) is 0 Å². The maximum absolute atomic E-state index is 2.38. The molecule has 0 heteroatoms. The molecule has 1 aliphatic rings. The second kappa shape index (κ2) is 2.91. The van der Waals surface area contributed by atoms with Gasteiger partial charge in [0.1, 0.15) is 0 Å². The lowest BCUT2D eigenvalue weighted by Gasteiger charge is -1.89.